The summed E-state index contributed by atoms with van der Waals surface area (Å²) in [5, 5.41) is 0. The summed E-state index contributed by atoms with van der Waals surface area (Å²) in [4.78, 5) is 0. The van der Waals surface area contributed by atoms with Crippen molar-refractivity contribution < 1.29 is 0 Å². The Morgan fingerprint density at radius 3 is 1.86 bits per heavy atom. The van der Waals surface area contributed by atoms with Gasteiger partial charge in [-0.3, -0.25) is 0 Å². The fourth-order valence-corrected chi connectivity index (χ4v) is 7.54. The third-order valence-electron chi connectivity index (χ3n) is 7.84. The lowest BCUT2D eigenvalue weighted by atomic mass is 9.32. The van der Waals surface area contributed by atoms with Crippen LogP contribution in [0.15, 0.2) is 0 Å². The predicted molar refractivity (Wildman–Crippen MR) is 53.4 cm³/mol. The summed E-state index contributed by atoms with van der Waals surface area (Å²) in [6.45, 7) is 0. The van der Waals surface area contributed by atoms with Crippen LogP contribution >= 0.6 is 0 Å². The first kappa shape index (κ1) is 6.55. The fourth-order valence-electron chi connectivity index (χ4n) is 7.54. The van der Waals surface area contributed by atoms with Crippen LogP contribution in [0.2, 0.25) is 0 Å². The molecule has 0 N–H and O–H groups in total. The second-order valence-corrected chi connectivity index (χ2v) is 7.42. The van der Waals surface area contributed by atoms with Gasteiger partial charge in [-0.2, -0.15) is 0 Å². The Labute approximate surface area is 85.4 Å². The van der Waals surface area contributed by atoms with Gasteiger partial charge in [0.25, 0.3) is 0 Å². The van der Waals surface area contributed by atoms with Gasteiger partial charge >= 0.3 is 0 Å². The van der Waals surface area contributed by atoms with Gasteiger partial charge in [0.2, 0.25) is 0 Å². The highest BCUT2D eigenvalue weighted by molar-refractivity contribution is 5.24. The Morgan fingerprint density at radius 1 is 0.429 bits per heavy atom. The van der Waals surface area contributed by atoms with E-state index in [-0.39, 0.29) is 0 Å². The minimum absolute atomic E-state index is 1.24. The predicted octanol–water partition coefficient (Wildman–Crippen LogP) is 2.79. The lowest BCUT2D eigenvalue weighted by Crippen LogP contribution is -2.67. The molecular formula is C14H18. The molecule has 74 valence electrons. The van der Waals surface area contributed by atoms with Crippen LogP contribution in [-0.2, 0) is 0 Å². The molecule has 0 aromatic rings. The first-order chi connectivity index (χ1) is 6.93. The molecule has 0 aromatic carbocycles. The van der Waals surface area contributed by atoms with E-state index < -0.39 is 0 Å². The minimum atomic E-state index is 1.24. The lowest BCUT2D eigenvalue weighted by Gasteiger charge is -2.73. The number of rotatable bonds is 0. The van der Waals surface area contributed by atoms with E-state index in [1.165, 1.54) is 59.2 Å². The summed E-state index contributed by atoms with van der Waals surface area (Å²) in [7, 11) is 0. The molecule has 0 saturated heterocycles. The molecular weight excluding hydrogens is 168 g/mol. The van der Waals surface area contributed by atoms with Crippen LogP contribution in [0.5, 0.6) is 0 Å². The maximum Gasteiger partial charge on any atom is -0.0320 e. The van der Waals surface area contributed by atoms with Crippen LogP contribution in [0.3, 0.4) is 0 Å². The monoisotopic (exact) mass is 186 g/mol. The zero-order valence-electron chi connectivity index (χ0n) is 8.60. The molecule has 0 heterocycles. The molecule has 7 aliphatic rings. The molecule has 7 rings (SSSR count). The molecule has 6 bridgehead atoms. The topological polar surface area (TPSA) is 0 Å². The molecule has 10 unspecified atom stereocenters. The van der Waals surface area contributed by atoms with Gasteiger partial charge in [0.1, 0.15) is 0 Å². The zero-order chi connectivity index (χ0) is 8.60. The second kappa shape index (κ2) is 1.62. The van der Waals surface area contributed by atoms with E-state index in [1.807, 2.05) is 0 Å². The van der Waals surface area contributed by atoms with E-state index >= 15 is 0 Å². The summed E-state index contributed by atoms with van der Waals surface area (Å²) in [5.74, 6) is 12.6. The van der Waals surface area contributed by atoms with E-state index in [0.29, 0.717) is 0 Å². The number of hydrogen-bond donors (Lipinski definition) is 0. The smallest absolute Gasteiger partial charge is 0.0320 e. The van der Waals surface area contributed by atoms with Gasteiger partial charge < -0.3 is 0 Å². The van der Waals surface area contributed by atoms with E-state index in [9.17, 15) is 0 Å². The van der Waals surface area contributed by atoms with Crippen molar-refractivity contribution in [3.05, 3.63) is 0 Å². The van der Waals surface area contributed by atoms with Gasteiger partial charge in [-0.15, -0.1) is 0 Å². The van der Waals surface area contributed by atoms with Gasteiger partial charge in [-0.25, -0.2) is 0 Å². The highest BCUT2D eigenvalue weighted by Gasteiger charge is 2.76. The second-order valence-electron chi connectivity index (χ2n) is 7.42. The minimum Gasteiger partial charge on any atom is -0.0467 e. The van der Waals surface area contributed by atoms with E-state index in [1.54, 1.807) is 25.7 Å². The lowest BCUT2D eigenvalue weighted by molar-refractivity contribution is -0.247. The van der Waals surface area contributed by atoms with Gasteiger partial charge in [0, 0.05) is 0 Å². The average molecular weight is 186 g/mol. The van der Waals surface area contributed by atoms with Crippen LogP contribution < -0.4 is 0 Å². The Morgan fingerprint density at radius 2 is 1.00 bits per heavy atom. The van der Waals surface area contributed by atoms with E-state index in [0.717, 1.165) is 0 Å². The van der Waals surface area contributed by atoms with Crippen LogP contribution in [0, 0.1) is 59.2 Å². The first-order valence-electron chi connectivity index (χ1n) is 6.93. The van der Waals surface area contributed by atoms with Crippen molar-refractivity contribution in [1.29, 1.82) is 0 Å². The van der Waals surface area contributed by atoms with Gasteiger partial charge in [0.05, 0.1) is 0 Å². The Kier molecular flexibility index (Phi) is 0.758. The molecule has 7 fully saturated rings. The third kappa shape index (κ3) is 0.403. The maximum absolute atomic E-state index is 1.70. The molecule has 0 aromatic heterocycles. The van der Waals surface area contributed by atoms with Crippen molar-refractivity contribution in [3.8, 4) is 0 Å². The first-order valence-corrected chi connectivity index (χ1v) is 6.93. The highest BCUT2D eigenvalue weighted by atomic mass is 14.8. The summed E-state index contributed by atoms with van der Waals surface area (Å²) in [6, 6.07) is 0. The van der Waals surface area contributed by atoms with Crippen LogP contribution in [0.25, 0.3) is 0 Å². The van der Waals surface area contributed by atoms with Gasteiger partial charge in [-0.05, 0) is 84.9 Å². The SMILES string of the molecule is C1C2CC3C2C1C1CC2C4C1CC4C32. The summed E-state index contributed by atoms with van der Waals surface area (Å²) in [6.07, 6.45) is 6.71. The van der Waals surface area contributed by atoms with Crippen molar-refractivity contribution in [2.24, 2.45) is 59.2 Å². The van der Waals surface area contributed by atoms with Gasteiger partial charge in [-0.1, -0.05) is 0 Å². The summed E-state index contributed by atoms with van der Waals surface area (Å²) < 4.78 is 0. The van der Waals surface area contributed by atoms with Crippen LogP contribution in [0.1, 0.15) is 25.7 Å². The van der Waals surface area contributed by atoms with Crippen molar-refractivity contribution >= 4 is 0 Å². The number of hydrogen-bond acceptors (Lipinski definition) is 0. The highest BCUT2D eigenvalue weighted by Crippen LogP contribution is 2.82. The quantitative estimate of drug-likeness (QED) is 0.545. The third-order valence-corrected chi connectivity index (χ3v) is 7.84. The van der Waals surface area contributed by atoms with Crippen LogP contribution in [0.4, 0.5) is 0 Å². The van der Waals surface area contributed by atoms with Crippen LogP contribution in [-0.4, -0.2) is 0 Å². The Bertz CT molecular complexity index is 334. The van der Waals surface area contributed by atoms with Crippen molar-refractivity contribution in [3.63, 3.8) is 0 Å². The Hall–Kier alpha value is 0. The van der Waals surface area contributed by atoms with Crippen molar-refractivity contribution in [1.82, 2.24) is 0 Å². The summed E-state index contributed by atoms with van der Waals surface area (Å²) in [5.41, 5.74) is 0. The molecule has 0 amide bonds. The Balaban J connectivity index is 1.58. The van der Waals surface area contributed by atoms with Crippen molar-refractivity contribution in [2.45, 2.75) is 25.7 Å². The normalized spacial score (nSPS) is 84.0. The standard InChI is InChI=1S/C14H18/c1-5-2-9-12(5)7(1)6-3-10-13-8(6)4-11(13)14(9)10/h5-14H,1-4H2. The maximum atomic E-state index is 1.70. The molecule has 0 heteroatoms. The molecule has 0 nitrogen and oxygen atoms in total. The molecule has 10 atom stereocenters. The largest absolute Gasteiger partial charge is 0.0467 e. The average Bonchev–Trinajstić information content (AvgIpc) is 2.23. The van der Waals surface area contributed by atoms with E-state index in [4.69, 9.17) is 0 Å². The molecule has 0 radical (unpaired) electrons. The zero-order valence-corrected chi connectivity index (χ0v) is 8.60. The molecule has 0 aliphatic heterocycles. The molecule has 7 aliphatic carbocycles. The fraction of sp³-hybridized carbons (Fsp3) is 1.00. The van der Waals surface area contributed by atoms with Crippen molar-refractivity contribution in [2.75, 3.05) is 0 Å². The summed E-state index contributed by atoms with van der Waals surface area (Å²) >= 11 is 0. The van der Waals surface area contributed by atoms with E-state index in [2.05, 4.69) is 0 Å². The molecule has 14 heavy (non-hydrogen) atoms. The molecule has 0 spiro atoms. The molecule has 7 saturated carbocycles. The van der Waals surface area contributed by atoms with Gasteiger partial charge in [0.15, 0.2) is 0 Å².